The second-order valence-electron chi connectivity index (χ2n) is 5.21. The molecular weight excluding hydrogens is 292 g/mol. The van der Waals surface area contributed by atoms with Crippen LogP contribution in [-0.4, -0.2) is 46.3 Å². The van der Waals surface area contributed by atoms with E-state index in [-0.39, 0.29) is 23.6 Å². The number of carbonyl (C=O) groups is 2. The third-order valence-corrected chi connectivity index (χ3v) is 3.82. The van der Waals surface area contributed by atoms with Gasteiger partial charge in [0.2, 0.25) is 5.91 Å². The standard InChI is InChI=1S/C15H19ClN2O3/c1-10(16)14(20)17-11-6-8-18(9-7-11)15(21)12-4-2-3-5-13(12)19/h2-5,10-11,19H,6-9H2,1H3,(H,17,20). The molecule has 6 heteroatoms. The van der Waals surface area contributed by atoms with Gasteiger partial charge in [-0.15, -0.1) is 11.6 Å². The number of piperidine rings is 1. The van der Waals surface area contributed by atoms with Crippen molar-refractivity contribution < 1.29 is 14.7 Å². The second-order valence-corrected chi connectivity index (χ2v) is 5.86. The van der Waals surface area contributed by atoms with E-state index in [1.807, 2.05) is 0 Å². The molecule has 21 heavy (non-hydrogen) atoms. The Balaban J connectivity index is 1.91. The molecule has 1 unspecified atom stereocenters. The highest BCUT2D eigenvalue weighted by atomic mass is 35.5. The quantitative estimate of drug-likeness (QED) is 0.836. The third kappa shape index (κ3) is 3.88. The number of likely N-dealkylation sites (tertiary alicyclic amines) is 1. The molecule has 1 fully saturated rings. The largest absolute Gasteiger partial charge is 0.507 e. The molecule has 1 aromatic rings. The van der Waals surface area contributed by atoms with Gasteiger partial charge in [0.1, 0.15) is 11.1 Å². The van der Waals surface area contributed by atoms with E-state index >= 15 is 0 Å². The highest BCUT2D eigenvalue weighted by molar-refractivity contribution is 6.30. The Labute approximate surface area is 128 Å². The van der Waals surface area contributed by atoms with E-state index in [0.29, 0.717) is 31.5 Å². The smallest absolute Gasteiger partial charge is 0.257 e. The van der Waals surface area contributed by atoms with Crippen molar-refractivity contribution >= 4 is 23.4 Å². The Hall–Kier alpha value is -1.75. The first kappa shape index (κ1) is 15.6. The third-order valence-electron chi connectivity index (χ3n) is 3.62. The molecule has 0 aromatic heterocycles. The van der Waals surface area contributed by atoms with Gasteiger partial charge in [0.05, 0.1) is 5.56 Å². The number of phenolic OH excluding ortho intramolecular Hbond substituents is 1. The molecule has 114 valence electrons. The number of para-hydroxylation sites is 1. The van der Waals surface area contributed by atoms with Crippen LogP contribution in [0.25, 0.3) is 0 Å². The summed E-state index contributed by atoms with van der Waals surface area (Å²) in [7, 11) is 0. The van der Waals surface area contributed by atoms with Crippen molar-refractivity contribution in [1.82, 2.24) is 10.2 Å². The molecule has 1 aliphatic rings. The zero-order valence-corrected chi connectivity index (χ0v) is 12.6. The van der Waals surface area contributed by atoms with Gasteiger partial charge in [-0.05, 0) is 31.9 Å². The Morgan fingerprint density at radius 1 is 1.33 bits per heavy atom. The van der Waals surface area contributed by atoms with Crippen LogP contribution in [0.4, 0.5) is 0 Å². The number of hydrogen-bond donors (Lipinski definition) is 2. The number of nitrogens with zero attached hydrogens (tertiary/aromatic N) is 1. The fraction of sp³-hybridized carbons (Fsp3) is 0.467. The van der Waals surface area contributed by atoms with Crippen molar-refractivity contribution in [3.8, 4) is 5.75 Å². The first-order valence-electron chi connectivity index (χ1n) is 7.00. The maximum absolute atomic E-state index is 12.3. The highest BCUT2D eigenvalue weighted by Crippen LogP contribution is 2.20. The van der Waals surface area contributed by atoms with Crippen LogP contribution < -0.4 is 5.32 Å². The molecule has 1 heterocycles. The average molecular weight is 311 g/mol. The zero-order chi connectivity index (χ0) is 15.4. The summed E-state index contributed by atoms with van der Waals surface area (Å²) in [5.74, 6) is -0.361. The lowest BCUT2D eigenvalue weighted by Gasteiger charge is -2.32. The number of amides is 2. The number of benzene rings is 1. The number of alkyl halides is 1. The predicted octanol–water partition coefficient (Wildman–Crippen LogP) is 1.74. The normalized spacial score (nSPS) is 17.3. The van der Waals surface area contributed by atoms with E-state index < -0.39 is 5.38 Å². The van der Waals surface area contributed by atoms with Gasteiger partial charge in [-0.3, -0.25) is 9.59 Å². The van der Waals surface area contributed by atoms with Crippen molar-refractivity contribution in [2.45, 2.75) is 31.2 Å². The number of phenols is 1. The minimum atomic E-state index is -0.550. The number of carbonyl (C=O) groups excluding carboxylic acids is 2. The lowest BCUT2D eigenvalue weighted by Crippen LogP contribution is -2.47. The number of hydrogen-bond acceptors (Lipinski definition) is 3. The van der Waals surface area contributed by atoms with E-state index in [9.17, 15) is 14.7 Å². The van der Waals surface area contributed by atoms with Gasteiger partial charge in [0, 0.05) is 19.1 Å². The van der Waals surface area contributed by atoms with E-state index in [1.54, 1.807) is 30.0 Å². The van der Waals surface area contributed by atoms with Crippen LogP contribution in [0.5, 0.6) is 5.75 Å². The number of rotatable bonds is 3. The van der Waals surface area contributed by atoms with Crippen molar-refractivity contribution in [3.63, 3.8) is 0 Å². The lowest BCUT2D eigenvalue weighted by molar-refractivity contribution is -0.121. The summed E-state index contributed by atoms with van der Waals surface area (Å²) in [6, 6.07) is 6.57. The van der Waals surface area contributed by atoms with Crippen molar-refractivity contribution in [1.29, 1.82) is 0 Å². The molecular formula is C15H19ClN2O3. The summed E-state index contributed by atoms with van der Waals surface area (Å²) in [5, 5.41) is 12.0. The Morgan fingerprint density at radius 3 is 2.52 bits per heavy atom. The van der Waals surface area contributed by atoms with Gasteiger partial charge >= 0.3 is 0 Å². The summed E-state index contributed by atoms with van der Waals surface area (Å²) >= 11 is 5.72. The summed E-state index contributed by atoms with van der Waals surface area (Å²) < 4.78 is 0. The van der Waals surface area contributed by atoms with Crippen LogP contribution in [0.3, 0.4) is 0 Å². The topological polar surface area (TPSA) is 69.6 Å². The summed E-state index contributed by atoms with van der Waals surface area (Å²) in [4.78, 5) is 25.5. The van der Waals surface area contributed by atoms with Gasteiger partial charge in [-0.25, -0.2) is 0 Å². The Kier molecular flexibility index (Phi) is 5.07. The summed E-state index contributed by atoms with van der Waals surface area (Å²) in [6.45, 7) is 2.73. The number of halogens is 1. The molecule has 1 aliphatic heterocycles. The van der Waals surface area contributed by atoms with Crippen LogP contribution in [0.1, 0.15) is 30.1 Å². The van der Waals surface area contributed by atoms with Crippen LogP contribution in [0, 0.1) is 0 Å². The van der Waals surface area contributed by atoms with Gasteiger partial charge < -0.3 is 15.3 Å². The molecule has 0 radical (unpaired) electrons. The fourth-order valence-corrected chi connectivity index (χ4v) is 2.43. The minimum absolute atomic E-state index is 0.00566. The molecule has 0 saturated carbocycles. The van der Waals surface area contributed by atoms with Gasteiger partial charge in [-0.2, -0.15) is 0 Å². The Bertz CT molecular complexity index is 525. The van der Waals surface area contributed by atoms with Crippen LogP contribution >= 0.6 is 11.6 Å². The van der Waals surface area contributed by atoms with E-state index in [4.69, 9.17) is 11.6 Å². The predicted molar refractivity (Wildman–Crippen MR) is 80.5 cm³/mol. The molecule has 5 nitrogen and oxygen atoms in total. The Morgan fingerprint density at radius 2 is 1.95 bits per heavy atom. The number of nitrogens with one attached hydrogen (secondary N) is 1. The molecule has 2 N–H and O–H groups in total. The fourth-order valence-electron chi connectivity index (χ4n) is 2.37. The molecule has 1 atom stereocenters. The zero-order valence-electron chi connectivity index (χ0n) is 11.9. The summed E-state index contributed by atoms with van der Waals surface area (Å²) in [5.41, 5.74) is 0.314. The molecule has 0 bridgehead atoms. The van der Waals surface area contributed by atoms with Crippen molar-refractivity contribution in [2.75, 3.05) is 13.1 Å². The molecule has 2 rings (SSSR count). The van der Waals surface area contributed by atoms with E-state index in [0.717, 1.165) is 0 Å². The molecule has 2 amide bonds. The van der Waals surface area contributed by atoms with Crippen LogP contribution in [0.2, 0.25) is 0 Å². The molecule has 0 spiro atoms. The van der Waals surface area contributed by atoms with Crippen molar-refractivity contribution in [3.05, 3.63) is 29.8 Å². The molecule has 1 aromatic carbocycles. The summed E-state index contributed by atoms with van der Waals surface area (Å²) in [6.07, 6.45) is 1.38. The molecule has 0 aliphatic carbocycles. The van der Waals surface area contributed by atoms with Gasteiger partial charge in [0.15, 0.2) is 0 Å². The van der Waals surface area contributed by atoms with Gasteiger partial charge in [0.25, 0.3) is 5.91 Å². The van der Waals surface area contributed by atoms with Gasteiger partial charge in [-0.1, -0.05) is 12.1 Å². The first-order valence-corrected chi connectivity index (χ1v) is 7.44. The lowest BCUT2D eigenvalue weighted by atomic mass is 10.0. The van der Waals surface area contributed by atoms with Crippen molar-refractivity contribution in [2.24, 2.45) is 0 Å². The minimum Gasteiger partial charge on any atom is -0.507 e. The molecule has 1 saturated heterocycles. The van der Waals surface area contributed by atoms with Crippen LogP contribution in [-0.2, 0) is 4.79 Å². The first-order chi connectivity index (χ1) is 9.99. The second kappa shape index (κ2) is 6.80. The average Bonchev–Trinajstić information content (AvgIpc) is 2.47. The monoisotopic (exact) mass is 310 g/mol. The van der Waals surface area contributed by atoms with E-state index in [2.05, 4.69) is 5.32 Å². The highest BCUT2D eigenvalue weighted by Gasteiger charge is 2.26. The van der Waals surface area contributed by atoms with E-state index in [1.165, 1.54) is 6.07 Å². The number of aromatic hydroxyl groups is 1. The van der Waals surface area contributed by atoms with Crippen LogP contribution in [0.15, 0.2) is 24.3 Å². The SMILES string of the molecule is CC(Cl)C(=O)NC1CCN(C(=O)c2ccccc2O)CC1. The maximum atomic E-state index is 12.3. The maximum Gasteiger partial charge on any atom is 0.257 e.